The number of morpholine rings is 1. The van der Waals surface area contributed by atoms with Gasteiger partial charge in [-0.3, -0.25) is 0 Å². The van der Waals surface area contributed by atoms with Crippen molar-refractivity contribution in [3.05, 3.63) is 48.3 Å². The maximum Gasteiger partial charge on any atom is 0.228 e. The van der Waals surface area contributed by atoms with Gasteiger partial charge in [0.1, 0.15) is 29.8 Å². The molecule has 3 aromatic rings. The molecule has 0 bridgehead atoms. The summed E-state index contributed by atoms with van der Waals surface area (Å²) in [5.41, 5.74) is 2.89. The molecule has 0 aliphatic carbocycles. The molecule has 1 saturated heterocycles. The van der Waals surface area contributed by atoms with Crippen LogP contribution >= 0.6 is 0 Å². The molecule has 0 spiro atoms. The van der Waals surface area contributed by atoms with Crippen LogP contribution in [-0.4, -0.2) is 50.5 Å². The molecule has 28 heavy (non-hydrogen) atoms. The van der Waals surface area contributed by atoms with Gasteiger partial charge in [-0.15, -0.1) is 0 Å². The van der Waals surface area contributed by atoms with Gasteiger partial charge < -0.3 is 23.8 Å². The molecular weight excluding hydrogens is 358 g/mol. The number of aromatic nitrogens is 2. The van der Waals surface area contributed by atoms with E-state index in [1.807, 2.05) is 36.4 Å². The van der Waals surface area contributed by atoms with Crippen molar-refractivity contribution < 1.29 is 18.9 Å². The predicted octanol–water partition coefficient (Wildman–Crippen LogP) is 3.06. The van der Waals surface area contributed by atoms with Gasteiger partial charge in [0, 0.05) is 24.8 Å². The summed E-state index contributed by atoms with van der Waals surface area (Å²) in [6, 6.07) is 11.9. The second kappa shape index (κ2) is 8.31. The molecule has 1 aromatic heterocycles. The molecule has 2 heterocycles. The molecule has 146 valence electrons. The maximum atomic E-state index is 6.19. The third kappa shape index (κ3) is 3.80. The minimum atomic E-state index is 0.420. The maximum absolute atomic E-state index is 6.19. The van der Waals surface area contributed by atoms with E-state index in [-0.39, 0.29) is 0 Å². The molecule has 0 N–H and O–H groups in total. The molecule has 4 rings (SSSR count). The smallest absolute Gasteiger partial charge is 0.228 e. The zero-order valence-corrected chi connectivity index (χ0v) is 16.1. The monoisotopic (exact) mass is 381 g/mol. The number of fused-ring (bicyclic) bond motifs is 1. The van der Waals surface area contributed by atoms with Crippen LogP contribution in [-0.2, 0) is 11.3 Å². The summed E-state index contributed by atoms with van der Waals surface area (Å²) in [6.45, 7) is 3.53. The minimum Gasteiger partial charge on any atom is -0.497 e. The van der Waals surface area contributed by atoms with Crippen LogP contribution in [0, 0.1) is 0 Å². The van der Waals surface area contributed by atoms with Crippen molar-refractivity contribution in [3.63, 3.8) is 0 Å². The quantitative estimate of drug-likeness (QED) is 0.650. The molecule has 0 amide bonds. The van der Waals surface area contributed by atoms with Crippen molar-refractivity contribution in [2.75, 3.05) is 45.4 Å². The van der Waals surface area contributed by atoms with Gasteiger partial charge in [0.25, 0.3) is 0 Å². The number of anilines is 1. The fourth-order valence-corrected chi connectivity index (χ4v) is 3.27. The van der Waals surface area contributed by atoms with Crippen LogP contribution in [0.3, 0.4) is 0 Å². The lowest BCUT2D eigenvalue weighted by Gasteiger charge is -2.29. The number of hydrogen-bond donors (Lipinski definition) is 0. The summed E-state index contributed by atoms with van der Waals surface area (Å²) in [4.78, 5) is 11.0. The van der Waals surface area contributed by atoms with Crippen molar-refractivity contribution in [1.29, 1.82) is 0 Å². The van der Waals surface area contributed by atoms with Gasteiger partial charge in [-0.1, -0.05) is 12.1 Å². The van der Waals surface area contributed by atoms with E-state index in [9.17, 15) is 0 Å². The first-order valence-corrected chi connectivity index (χ1v) is 9.19. The second-order valence-corrected chi connectivity index (χ2v) is 6.46. The van der Waals surface area contributed by atoms with E-state index in [2.05, 4.69) is 14.9 Å². The van der Waals surface area contributed by atoms with Gasteiger partial charge in [-0.25, -0.2) is 9.97 Å². The van der Waals surface area contributed by atoms with E-state index in [1.54, 1.807) is 14.2 Å². The topological polar surface area (TPSA) is 65.9 Å². The van der Waals surface area contributed by atoms with Crippen molar-refractivity contribution in [3.8, 4) is 17.4 Å². The Bertz CT molecular complexity index is 940. The first-order chi connectivity index (χ1) is 13.8. The van der Waals surface area contributed by atoms with E-state index in [0.717, 1.165) is 41.0 Å². The molecule has 1 aliphatic heterocycles. The van der Waals surface area contributed by atoms with Crippen LogP contribution in [0.2, 0.25) is 0 Å². The van der Waals surface area contributed by atoms with Crippen molar-refractivity contribution in [1.82, 2.24) is 9.97 Å². The van der Waals surface area contributed by atoms with Crippen molar-refractivity contribution in [2.24, 2.45) is 0 Å². The Balaban J connectivity index is 1.68. The zero-order chi connectivity index (χ0) is 19.3. The SMILES string of the molecule is COc1ccc(COc2cc(N3CCOCC3)cc3ncnc(OC)c23)cc1. The summed E-state index contributed by atoms with van der Waals surface area (Å²) in [5.74, 6) is 2.02. The highest BCUT2D eigenvalue weighted by Crippen LogP contribution is 2.36. The largest absolute Gasteiger partial charge is 0.497 e. The van der Waals surface area contributed by atoms with Crippen LogP contribution in [0.25, 0.3) is 10.9 Å². The Morgan fingerprint density at radius 2 is 1.79 bits per heavy atom. The van der Waals surface area contributed by atoms with Crippen LogP contribution < -0.4 is 19.1 Å². The molecule has 0 saturated carbocycles. The first-order valence-electron chi connectivity index (χ1n) is 9.19. The normalized spacial score (nSPS) is 14.1. The standard InChI is InChI=1S/C21H23N3O4/c1-25-17-5-3-15(4-6-17)13-28-19-12-16(24-7-9-27-10-8-24)11-18-20(19)21(26-2)23-14-22-18/h3-6,11-12,14H,7-10,13H2,1-2H3. The fourth-order valence-electron chi connectivity index (χ4n) is 3.27. The summed E-state index contributed by atoms with van der Waals surface area (Å²) < 4.78 is 22.3. The number of rotatable bonds is 6. The molecule has 1 fully saturated rings. The third-order valence-corrected chi connectivity index (χ3v) is 4.77. The Morgan fingerprint density at radius 1 is 1.00 bits per heavy atom. The summed E-state index contributed by atoms with van der Waals surface area (Å²) >= 11 is 0. The Kier molecular flexibility index (Phi) is 5.43. The van der Waals surface area contributed by atoms with Gasteiger partial charge in [-0.2, -0.15) is 0 Å². The highest BCUT2D eigenvalue weighted by Gasteiger charge is 2.18. The second-order valence-electron chi connectivity index (χ2n) is 6.46. The van der Waals surface area contributed by atoms with Crippen molar-refractivity contribution >= 4 is 16.6 Å². The van der Waals surface area contributed by atoms with Gasteiger partial charge >= 0.3 is 0 Å². The molecule has 2 aromatic carbocycles. The zero-order valence-electron chi connectivity index (χ0n) is 16.1. The van der Waals surface area contributed by atoms with Gasteiger partial charge in [0.05, 0.1) is 33.0 Å². The highest BCUT2D eigenvalue weighted by molar-refractivity contribution is 5.92. The number of ether oxygens (including phenoxy) is 4. The van der Waals surface area contributed by atoms with E-state index in [0.29, 0.717) is 31.5 Å². The number of benzene rings is 2. The third-order valence-electron chi connectivity index (χ3n) is 4.77. The lowest BCUT2D eigenvalue weighted by atomic mass is 10.1. The number of methoxy groups -OCH3 is 2. The fraction of sp³-hybridized carbons (Fsp3) is 0.333. The number of nitrogens with zero attached hydrogens (tertiary/aromatic N) is 3. The van der Waals surface area contributed by atoms with E-state index < -0.39 is 0 Å². The van der Waals surface area contributed by atoms with E-state index in [4.69, 9.17) is 18.9 Å². The molecule has 7 nitrogen and oxygen atoms in total. The molecule has 0 unspecified atom stereocenters. The lowest BCUT2D eigenvalue weighted by Crippen LogP contribution is -2.36. The van der Waals surface area contributed by atoms with E-state index >= 15 is 0 Å². The summed E-state index contributed by atoms with van der Waals surface area (Å²) in [6.07, 6.45) is 1.51. The van der Waals surface area contributed by atoms with Crippen molar-refractivity contribution in [2.45, 2.75) is 6.61 Å². The average molecular weight is 381 g/mol. The average Bonchev–Trinajstić information content (AvgIpc) is 2.77. The first kappa shape index (κ1) is 18.3. The Labute approximate surface area is 163 Å². The van der Waals surface area contributed by atoms with Crippen LogP contribution in [0.15, 0.2) is 42.7 Å². The summed E-state index contributed by atoms with van der Waals surface area (Å²) in [5, 5.41) is 0.774. The lowest BCUT2D eigenvalue weighted by molar-refractivity contribution is 0.122. The summed E-state index contributed by atoms with van der Waals surface area (Å²) in [7, 11) is 3.26. The molecule has 0 atom stereocenters. The van der Waals surface area contributed by atoms with E-state index in [1.165, 1.54) is 6.33 Å². The molecule has 0 radical (unpaired) electrons. The Hall–Kier alpha value is -3.06. The number of hydrogen-bond acceptors (Lipinski definition) is 7. The van der Waals surface area contributed by atoms with Gasteiger partial charge in [0.2, 0.25) is 5.88 Å². The van der Waals surface area contributed by atoms with Crippen LogP contribution in [0.1, 0.15) is 5.56 Å². The Morgan fingerprint density at radius 3 is 2.50 bits per heavy atom. The predicted molar refractivity (Wildman–Crippen MR) is 106 cm³/mol. The minimum absolute atomic E-state index is 0.420. The van der Waals surface area contributed by atoms with Gasteiger partial charge in [-0.05, 0) is 23.8 Å². The molecule has 7 heteroatoms. The van der Waals surface area contributed by atoms with Crippen LogP contribution in [0.4, 0.5) is 5.69 Å². The van der Waals surface area contributed by atoms with Gasteiger partial charge in [0.15, 0.2) is 0 Å². The highest BCUT2D eigenvalue weighted by atomic mass is 16.5. The molecule has 1 aliphatic rings. The molecular formula is C21H23N3O4. The van der Waals surface area contributed by atoms with Crippen LogP contribution in [0.5, 0.6) is 17.4 Å².